The molecule has 4 rings (SSSR count). The molecule has 4 nitrogen and oxygen atoms in total. The number of aromatic nitrogens is 1. The van der Waals surface area contributed by atoms with Crippen molar-refractivity contribution in [2.75, 3.05) is 0 Å². The second-order valence-electron chi connectivity index (χ2n) is 4.73. The maximum atomic E-state index is 12.3. The number of aromatic amines is 1. The van der Waals surface area contributed by atoms with Gasteiger partial charge in [-0.1, -0.05) is 30.4 Å². The van der Waals surface area contributed by atoms with Crippen LogP contribution in [-0.4, -0.2) is 28.1 Å². The molecule has 18 heavy (non-hydrogen) atoms. The first kappa shape index (κ1) is 9.91. The van der Waals surface area contributed by atoms with Crippen LogP contribution in [0.25, 0.3) is 10.9 Å². The highest BCUT2D eigenvalue weighted by molar-refractivity contribution is 5.97. The Hall–Kier alpha value is -2.07. The topological polar surface area (TPSA) is 45.3 Å². The molecule has 1 amide bonds. The lowest BCUT2D eigenvalue weighted by atomic mass is 10.2. The van der Waals surface area contributed by atoms with Crippen LogP contribution in [0.5, 0.6) is 0 Å². The molecule has 2 heterocycles. The molecule has 1 N–H and O–H groups in total. The fourth-order valence-corrected chi connectivity index (χ4v) is 2.63. The highest BCUT2D eigenvalue weighted by Gasteiger charge is 2.39. The highest BCUT2D eigenvalue weighted by Crippen LogP contribution is 2.30. The summed E-state index contributed by atoms with van der Waals surface area (Å²) in [4.78, 5) is 21.0. The number of carbonyl (C=O) groups is 1. The molecule has 2 aromatic rings. The van der Waals surface area contributed by atoms with Gasteiger partial charge >= 0.3 is 0 Å². The third kappa shape index (κ3) is 1.32. The van der Waals surface area contributed by atoms with Gasteiger partial charge in [-0.15, -0.1) is 0 Å². The zero-order valence-corrected chi connectivity index (χ0v) is 9.67. The van der Waals surface area contributed by atoms with Gasteiger partial charge in [0.25, 0.3) is 5.91 Å². The van der Waals surface area contributed by atoms with Gasteiger partial charge in [0.15, 0.2) is 0 Å². The predicted molar refractivity (Wildman–Crippen MR) is 66.9 cm³/mol. The Labute approximate surface area is 104 Å². The molecule has 1 aliphatic carbocycles. The number of benzene rings is 1. The lowest BCUT2D eigenvalue weighted by Gasteiger charge is -2.21. The number of hydrogen-bond donors (Lipinski definition) is 1. The summed E-state index contributed by atoms with van der Waals surface area (Å²) in [5.41, 5.74) is 1.55. The molecule has 2 unspecified atom stereocenters. The maximum Gasteiger partial charge on any atom is 0.294 e. The number of hydroxylamine groups is 2. The molecule has 4 heteroatoms. The fourth-order valence-electron chi connectivity index (χ4n) is 2.63. The molecule has 0 spiro atoms. The molecule has 1 aromatic heterocycles. The molecular formula is C14H12N2O2. The molecular weight excluding hydrogens is 228 g/mol. The van der Waals surface area contributed by atoms with E-state index in [1.54, 1.807) is 0 Å². The number of rotatable bonds is 1. The van der Waals surface area contributed by atoms with Crippen molar-refractivity contribution in [3.63, 3.8) is 0 Å². The first-order valence-electron chi connectivity index (χ1n) is 6.08. The third-order valence-corrected chi connectivity index (χ3v) is 3.53. The van der Waals surface area contributed by atoms with Gasteiger partial charge in [-0.3, -0.25) is 9.63 Å². The van der Waals surface area contributed by atoms with Crippen molar-refractivity contribution < 1.29 is 9.63 Å². The van der Waals surface area contributed by atoms with E-state index in [0.29, 0.717) is 5.69 Å². The lowest BCUT2D eigenvalue weighted by molar-refractivity contribution is -0.115. The molecule has 1 fully saturated rings. The predicted octanol–water partition coefficient (Wildman–Crippen LogP) is 2.25. The minimum Gasteiger partial charge on any atom is -0.350 e. The summed E-state index contributed by atoms with van der Waals surface area (Å²) >= 11 is 0. The minimum absolute atomic E-state index is 0.0725. The number of hydrogen-bond acceptors (Lipinski definition) is 2. The first-order valence-corrected chi connectivity index (χ1v) is 6.08. The minimum atomic E-state index is -0.0944. The Morgan fingerprint density at radius 1 is 1.33 bits per heavy atom. The van der Waals surface area contributed by atoms with Gasteiger partial charge < -0.3 is 4.98 Å². The average Bonchev–Trinajstić information content (AvgIpc) is 3.11. The molecule has 1 saturated heterocycles. The van der Waals surface area contributed by atoms with Crippen LogP contribution in [0.15, 0.2) is 42.5 Å². The van der Waals surface area contributed by atoms with Crippen molar-refractivity contribution in [2.45, 2.75) is 18.6 Å². The molecule has 2 bridgehead atoms. The molecule has 0 radical (unpaired) electrons. The number of H-pyrrole nitrogens is 1. The van der Waals surface area contributed by atoms with Gasteiger partial charge in [-0.25, -0.2) is 5.06 Å². The van der Waals surface area contributed by atoms with E-state index < -0.39 is 0 Å². The number of carbonyl (C=O) groups excluding carboxylic acids is 1. The molecule has 0 saturated carbocycles. The van der Waals surface area contributed by atoms with Crippen molar-refractivity contribution in [1.82, 2.24) is 10.0 Å². The van der Waals surface area contributed by atoms with E-state index in [9.17, 15) is 4.79 Å². The van der Waals surface area contributed by atoms with Crippen LogP contribution in [0.3, 0.4) is 0 Å². The van der Waals surface area contributed by atoms with Gasteiger partial charge in [-0.05, 0) is 12.1 Å². The fraction of sp³-hybridized carbons (Fsp3) is 0.214. The number of para-hydroxylation sites is 1. The summed E-state index contributed by atoms with van der Waals surface area (Å²) in [6, 6.07) is 9.82. The summed E-state index contributed by atoms with van der Waals surface area (Å²) in [5, 5.41) is 2.52. The Kier molecular flexibility index (Phi) is 1.91. The van der Waals surface area contributed by atoms with Crippen molar-refractivity contribution in [3.8, 4) is 0 Å². The van der Waals surface area contributed by atoms with Gasteiger partial charge in [0.05, 0.1) is 6.04 Å². The van der Waals surface area contributed by atoms with Gasteiger partial charge in [0.2, 0.25) is 0 Å². The monoisotopic (exact) mass is 240 g/mol. The van der Waals surface area contributed by atoms with Crippen LogP contribution < -0.4 is 0 Å². The number of fused-ring (bicyclic) bond motifs is 3. The number of amides is 1. The average molecular weight is 240 g/mol. The normalized spacial score (nSPS) is 25.2. The van der Waals surface area contributed by atoms with Crippen molar-refractivity contribution in [2.24, 2.45) is 0 Å². The Morgan fingerprint density at radius 2 is 2.22 bits per heavy atom. The van der Waals surface area contributed by atoms with Gasteiger partial charge in [0.1, 0.15) is 11.8 Å². The second-order valence-corrected chi connectivity index (χ2v) is 4.73. The first-order chi connectivity index (χ1) is 8.81. The SMILES string of the molecule is O=C(c1cc2ccccc2[nH]1)N1OC2C=CC1C2. The highest BCUT2D eigenvalue weighted by atomic mass is 16.7. The van der Waals surface area contributed by atoms with E-state index in [1.165, 1.54) is 5.06 Å². The smallest absolute Gasteiger partial charge is 0.294 e. The zero-order valence-electron chi connectivity index (χ0n) is 9.67. The molecule has 2 aliphatic rings. The molecule has 2 atom stereocenters. The van der Waals surface area contributed by atoms with Gasteiger partial charge in [0, 0.05) is 17.3 Å². The quantitative estimate of drug-likeness (QED) is 0.777. The van der Waals surface area contributed by atoms with Crippen molar-refractivity contribution in [3.05, 3.63) is 48.2 Å². The Balaban J connectivity index is 1.70. The summed E-state index contributed by atoms with van der Waals surface area (Å²) < 4.78 is 0. The van der Waals surface area contributed by atoms with E-state index in [1.807, 2.05) is 42.5 Å². The molecule has 1 aromatic carbocycles. The molecule has 90 valence electrons. The van der Waals surface area contributed by atoms with Crippen LogP contribution in [0.2, 0.25) is 0 Å². The van der Waals surface area contributed by atoms with E-state index in [0.717, 1.165) is 17.3 Å². The summed E-state index contributed by atoms with van der Waals surface area (Å²) in [7, 11) is 0. The second kappa shape index (κ2) is 3.46. The summed E-state index contributed by atoms with van der Waals surface area (Å²) in [6.45, 7) is 0. The van der Waals surface area contributed by atoms with Crippen molar-refractivity contribution in [1.29, 1.82) is 0 Å². The summed E-state index contributed by atoms with van der Waals surface area (Å²) in [5.74, 6) is -0.0944. The lowest BCUT2D eigenvalue weighted by Crippen LogP contribution is -2.35. The van der Waals surface area contributed by atoms with E-state index in [-0.39, 0.29) is 18.1 Å². The van der Waals surface area contributed by atoms with E-state index in [2.05, 4.69) is 4.98 Å². The zero-order chi connectivity index (χ0) is 12.1. The number of nitrogens with one attached hydrogen (secondary N) is 1. The van der Waals surface area contributed by atoms with Crippen molar-refractivity contribution >= 4 is 16.8 Å². The van der Waals surface area contributed by atoms with Crippen LogP contribution in [-0.2, 0) is 4.84 Å². The van der Waals surface area contributed by atoms with E-state index >= 15 is 0 Å². The Bertz CT molecular complexity index is 626. The van der Waals surface area contributed by atoms with Crippen LogP contribution in [0, 0.1) is 0 Å². The van der Waals surface area contributed by atoms with Gasteiger partial charge in [-0.2, -0.15) is 0 Å². The van der Waals surface area contributed by atoms with Crippen LogP contribution >= 0.6 is 0 Å². The largest absolute Gasteiger partial charge is 0.350 e. The molecule has 1 aliphatic heterocycles. The van der Waals surface area contributed by atoms with Crippen LogP contribution in [0.1, 0.15) is 16.9 Å². The van der Waals surface area contributed by atoms with Crippen LogP contribution in [0.4, 0.5) is 0 Å². The summed E-state index contributed by atoms with van der Waals surface area (Å²) in [6.07, 6.45) is 5.00. The third-order valence-electron chi connectivity index (χ3n) is 3.53. The maximum absolute atomic E-state index is 12.3. The Morgan fingerprint density at radius 3 is 2.94 bits per heavy atom. The van der Waals surface area contributed by atoms with E-state index in [4.69, 9.17) is 4.84 Å². The standard InChI is InChI=1S/C14H12N2O2/c17-14(16-10-5-6-11(8-10)18-16)13-7-9-3-1-2-4-12(9)15-13/h1-7,10-11,15H,8H2. The number of nitrogens with zero attached hydrogens (tertiary/aromatic N) is 1.